The number of sulfonamides is 1. The van der Waals surface area contributed by atoms with Gasteiger partial charge >= 0.3 is 0 Å². The predicted molar refractivity (Wildman–Crippen MR) is 68.0 cm³/mol. The van der Waals surface area contributed by atoms with Crippen LogP contribution in [0.5, 0.6) is 0 Å². The Kier molecular flexibility index (Phi) is 3.32. The summed E-state index contributed by atoms with van der Waals surface area (Å²) >= 11 is 0. The molecule has 3 rings (SSSR count). The molecule has 1 aliphatic heterocycles. The van der Waals surface area contributed by atoms with Gasteiger partial charge < -0.3 is 4.52 Å². The topological polar surface area (TPSA) is 79.5 Å². The first kappa shape index (κ1) is 13.0. The summed E-state index contributed by atoms with van der Waals surface area (Å²) in [5.74, 6) is 1.96. The molecule has 0 unspecified atom stereocenters. The molecular weight excluding hydrogens is 268 g/mol. The monoisotopic (exact) mass is 286 g/mol. The van der Waals surface area contributed by atoms with E-state index in [-0.39, 0.29) is 0 Å². The Balaban J connectivity index is 1.54. The van der Waals surface area contributed by atoms with Crippen molar-refractivity contribution >= 4 is 10.0 Å². The van der Waals surface area contributed by atoms with Crippen LogP contribution in [-0.4, -0.2) is 60.2 Å². The van der Waals surface area contributed by atoms with Crippen molar-refractivity contribution in [2.75, 3.05) is 32.4 Å². The molecule has 1 aromatic rings. The Bertz CT molecular complexity index is 544. The number of nitrogens with zero attached hydrogens (tertiary/aromatic N) is 4. The third-order valence-electron chi connectivity index (χ3n) is 3.59. The van der Waals surface area contributed by atoms with Gasteiger partial charge in [-0.2, -0.15) is 9.29 Å². The number of piperazine rings is 1. The fraction of sp³-hybridized carbons (Fsp3) is 0.818. The van der Waals surface area contributed by atoms with E-state index in [4.69, 9.17) is 4.52 Å². The van der Waals surface area contributed by atoms with E-state index < -0.39 is 10.0 Å². The van der Waals surface area contributed by atoms with Gasteiger partial charge in [0.2, 0.25) is 15.9 Å². The molecule has 1 aromatic heterocycles. The van der Waals surface area contributed by atoms with Crippen LogP contribution >= 0.6 is 0 Å². The van der Waals surface area contributed by atoms with Crippen LogP contribution in [0.15, 0.2) is 4.52 Å². The van der Waals surface area contributed by atoms with Crippen LogP contribution in [0.2, 0.25) is 0 Å². The second-order valence-corrected chi connectivity index (χ2v) is 7.24. The minimum absolute atomic E-state index is 0.500. The number of rotatable bonds is 4. The average Bonchev–Trinajstić information content (AvgIpc) is 3.10. The molecule has 0 amide bonds. The summed E-state index contributed by atoms with van der Waals surface area (Å²) < 4.78 is 29.5. The normalized spacial score (nSPS) is 22.8. The van der Waals surface area contributed by atoms with E-state index in [0.29, 0.717) is 44.5 Å². The average molecular weight is 286 g/mol. The molecule has 0 spiro atoms. The third kappa shape index (κ3) is 3.13. The first-order valence-corrected chi connectivity index (χ1v) is 8.37. The van der Waals surface area contributed by atoms with E-state index in [9.17, 15) is 8.42 Å². The van der Waals surface area contributed by atoms with Gasteiger partial charge in [-0.1, -0.05) is 5.16 Å². The minimum Gasteiger partial charge on any atom is -0.338 e. The van der Waals surface area contributed by atoms with Crippen molar-refractivity contribution in [1.29, 1.82) is 0 Å². The maximum absolute atomic E-state index is 11.4. The van der Waals surface area contributed by atoms with E-state index in [2.05, 4.69) is 15.0 Å². The van der Waals surface area contributed by atoms with Gasteiger partial charge in [-0.3, -0.25) is 4.90 Å². The molecule has 0 aromatic carbocycles. The van der Waals surface area contributed by atoms with Crippen LogP contribution in [0.3, 0.4) is 0 Å². The Morgan fingerprint density at radius 1 is 1.26 bits per heavy atom. The Morgan fingerprint density at radius 3 is 2.53 bits per heavy atom. The van der Waals surface area contributed by atoms with E-state index in [1.54, 1.807) is 0 Å². The largest absolute Gasteiger partial charge is 0.338 e. The smallest absolute Gasteiger partial charge is 0.240 e. The fourth-order valence-corrected chi connectivity index (χ4v) is 3.08. The molecule has 106 valence electrons. The quantitative estimate of drug-likeness (QED) is 0.776. The molecular formula is C11H18N4O3S. The Morgan fingerprint density at radius 2 is 1.95 bits per heavy atom. The SMILES string of the molecule is CS(=O)(=O)N1CCN(Cc2nc(C3CC3)no2)CC1. The van der Waals surface area contributed by atoms with Crippen LogP contribution in [0.4, 0.5) is 0 Å². The van der Waals surface area contributed by atoms with Gasteiger partial charge in [-0.25, -0.2) is 8.42 Å². The van der Waals surface area contributed by atoms with Gasteiger partial charge in [0, 0.05) is 32.1 Å². The Hall–Kier alpha value is -0.990. The second kappa shape index (κ2) is 4.84. The predicted octanol–water partition coefficient (Wildman–Crippen LogP) is 0.0242. The fourth-order valence-electron chi connectivity index (χ4n) is 2.25. The van der Waals surface area contributed by atoms with Crippen LogP contribution < -0.4 is 0 Å². The van der Waals surface area contributed by atoms with Crippen molar-refractivity contribution < 1.29 is 12.9 Å². The van der Waals surface area contributed by atoms with Crippen LogP contribution in [0.1, 0.15) is 30.5 Å². The maximum Gasteiger partial charge on any atom is 0.240 e. The summed E-state index contributed by atoms with van der Waals surface area (Å²) in [6, 6.07) is 0. The first-order chi connectivity index (χ1) is 9.02. The lowest BCUT2D eigenvalue weighted by Gasteiger charge is -2.32. The molecule has 2 aliphatic rings. The molecule has 0 bridgehead atoms. The number of hydrogen-bond donors (Lipinski definition) is 0. The lowest BCUT2D eigenvalue weighted by molar-refractivity contribution is 0.163. The van der Waals surface area contributed by atoms with Crippen molar-refractivity contribution in [2.24, 2.45) is 0 Å². The summed E-state index contributed by atoms with van der Waals surface area (Å²) in [5, 5.41) is 3.98. The number of hydrogen-bond acceptors (Lipinski definition) is 6. The zero-order valence-corrected chi connectivity index (χ0v) is 11.8. The second-order valence-electron chi connectivity index (χ2n) is 5.26. The van der Waals surface area contributed by atoms with Gasteiger partial charge in [-0.15, -0.1) is 0 Å². The van der Waals surface area contributed by atoms with Crippen molar-refractivity contribution in [3.8, 4) is 0 Å². The maximum atomic E-state index is 11.4. The van der Waals surface area contributed by atoms with E-state index in [1.807, 2.05) is 0 Å². The molecule has 7 nitrogen and oxygen atoms in total. The van der Waals surface area contributed by atoms with E-state index >= 15 is 0 Å². The third-order valence-corrected chi connectivity index (χ3v) is 4.89. The number of aromatic nitrogens is 2. The molecule has 8 heteroatoms. The van der Waals surface area contributed by atoms with E-state index in [0.717, 1.165) is 18.7 Å². The zero-order chi connectivity index (χ0) is 13.5. The summed E-state index contributed by atoms with van der Waals surface area (Å²) in [5.41, 5.74) is 0. The molecule has 0 radical (unpaired) electrons. The highest BCUT2D eigenvalue weighted by Gasteiger charge is 2.29. The highest BCUT2D eigenvalue weighted by Crippen LogP contribution is 2.38. The summed E-state index contributed by atoms with van der Waals surface area (Å²) in [4.78, 5) is 6.53. The zero-order valence-electron chi connectivity index (χ0n) is 10.9. The lowest BCUT2D eigenvalue weighted by Crippen LogP contribution is -2.47. The molecule has 1 saturated heterocycles. The molecule has 19 heavy (non-hydrogen) atoms. The molecule has 0 N–H and O–H groups in total. The van der Waals surface area contributed by atoms with Crippen molar-refractivity contribution in [3.05, 3.63) is 11.7 Å². The van der Waals surface area contributed by atoms with Gasteiger partial charge in [0.15, 0.2) is 5.82 Å². The Labute approximate surface area is 112 Å². The van der Waals surface area contributed by atoms with Gasteiger partial charge in [0.25, 0.3) is 0 Å². The van der Waals surface area contributed by atoms with Crippen LogP contribution in [0, 0.1) is 0 Å². The molecule has 0 atom stereocenters. The van der Waals surface area contributed by atoms with E-state index in [1.165, 1.54) is 10.6 Å². The standard InChI is InChI=1S/C11H18N4O3S/c1-19(16,17)15-6-4-14(5-7-15)8-10-12-11(13-18-10)9-2-3-9/h9H,2-8H2,1H3. The van der Waals surface area contributed by atoms with Crippen LogP contribution in [-0.2, 0) is 16.6 Å². The lowest BCUT2D eigenvalue weighted by atomic mass is 10.3. The summed E-state index contributed by atoms with van der Waals surface area (Å²) in [6.45, 7) is 3.07. The van der Waals surface area contributed by atoms with Gasteiger partial charge in [0.05, 0.1) is 12.8 Å². The van der Waals surface area contributed by atoms with Crippen molar-refractivity contribution in [2.45, 2.75) is 25.3 Å². The summed E-state index contributed by atoms with van der Waals surface area (Å²) in [7, 11) is -3.07. The summed E-state index contributed by atoms with van der Waals surface area (Å²) in [6.07, 6.45) is 3.57. The first-order valence-electron chi connectivity index (χ1n) is 6.52. The molecule has 1 saturated carbocycles. The minimum atomic E-state index is -3.07. The highest BCUT2D eigenvalue weighted by molar-refractivity contribution is 7.88. The molecule has 1 aliphatic carbocycles. The van der Waals surface area contributed by atoms with Crippen LogP contribution in [0.25, 0.3) is 0 Å². The van der Waals surface area contributed by atoms with Crippen molar-refractivity contribution in [3.63, 3.8) is 0 Å². The molecule has 2 heterocycles. The molecule has 2 fully saturated rings. The van der Waals surface area contributed by atoms with Gasteiger partial charge in [0.1, 0.15) is 0 Å². The van der Waals surface area contributed by atoms with Gasteiger partial charge in [-0.05, 0) is 12.8 Å². The highest BCUT2D eigenvalue weighted by atomic mass is 32.2. The van der Waals surface area contributed by atoms with Crippen molar-refractivity contribution in [1.82, 2.24) is 19.3 Å².